The van der Waals surface area contributed by atoms with E-state index in [4.69, 9.17) is 9.47 Å². The summed E-state index contributed by atoms with van der Waals surface area (Å²) in [5.74, 6) is 0.894. The lowest BCUT2D eigenvalue weighted by atomic mass is 9.46. The van der Waals surface area contributed by atoms with Crippen LogP contribution in [0.25, 0.3) is 0 Å². The Hall–Kier alpha value is -1.27. The number of halogens is 2. The van der Waals surface area contributed by atoms with Gasteiger partial charge in [0.25, 0.3) is 6.43 Å². The molecule has 4 nitrogen and oxygen atoms in total. The van der Waals surface area contributed by atoms with Gasteiger partial charge in [-0.25, -0.2) is 13.8 Å². The van der Waals surface area contributed by atoms with Crippen molar-refractivity contribution < 1.29 is 18.3 Å². The van der Waals surface area contributed by atoms with Gasteiger partial charge in [0.1, 0.15) is 0 Å². The first kappa shape index (κ1) is 15.3. The molecule has 2 saturated carbocycles. The van der Waals surface area contributed by atoms with Gasteiger partial charge in [0.15, 0.2) is 6.61 Å². The molecule has 3 aliphatic rings. The topological polar surface area (TPSA) is 43.4 Å². The number of hydrogen-bond acceptors (Lipinski definition) is 4. The highest BCUT2D eigenvalue weighted by Gasteiger charge is 2.66. The van der Waals surface area contributed by atoms with Crippen LogP contribution in [0.2, 0.25) is 0 Å². The Kier molecular flexibility index (Phi) is 3.97. The standard InChI is InChI=1S/C17H22F2N2O2/c18-13(19)10-23-14-8-11(2-6-20-14)9-21-15-12-3-7-22-16(12)17(15)4-1-5-17/h2,6,8,12-13,15-16,21H,1,3-5,7,9-10H2/t12-,15+,16+/m0/s1. The maximum atomic E-state index is 12.2. The molecule has 1 aromatic rings. The van der Waals surface area contributed by atoms with Gasteiger partial charge in [-0.15, -0.1) is 0 Å². The van der Waals surface area contributed by atoms with Crippen molar-refractivity contribution in [2.75, 3.05) is 13.2 Å². The summed E-state index contributed by atoms with van der Waals surface area (Å²) in [6, 6.07) is 4.16. The van der Waals surface area contributed by atoms with Crippen molar-refractivity contribution in [1.29, 1.82) is 0 Å². The second-order valence-electron chi connectivity index (χ2n) is 6.89. The summed E-state index contributed by atoms with van der Waals surface area (Å²) in [7, 11) is 0. The zero-order valence-corrected chi connectivity index (χ0v) is 13.0. The zero-order valence-electron chi connectivity index (χ0n) is 13.0. The molecule has 1 aliphatic heterocycles. The average Bonchev–Trinajstić information content (AvgIpc) is 2.89. The normalized spacial score (nSPS) is 30.8. The predicted octanol–water partition coefficient (Wildman–Crippen LogP) is 2.77. The third-order valence-corrected chi connectivity index (χ3v) is 5.72. The van der Waals surface area contributed by atoms with Crippen LogP contribution in [0, 0.1) is 11.3 Å². The highest BCUT2D eigenvalue weighted by atomic mass is 19.3. The van der Waals surface area contributed by atoms with E-state index >= 15 is 0 Å². The fourth-order valence-electron chi connectivity index (χ4n) is 4.58. The molecule has 4 rings (SSSR count). The van der Waals surface area contributed by atoms with E-state index in [9.17, 15) is 8.78 Å². The third kappa shape index (κ3) is 2.62. The van der Waals surface area contributed by atoms with Crippen LogP contribution in [0.15, 0.2) is 18.3 Å². The molecule has 1 spiro atoms. The van der Waals surface area contributed by atoms with Crippen molar-refractivity contribution in [3.05, 3.63) is 23.9 Å². The number of pyridine rings is 1. The molecule has 2 aliphatic carbocycles. The SMILES string of the molecule is FC(F)COc1cc(CN[C@@H]2[C@@H]3CCO[C@H]3C23CCC3)ccn1. The van der Waals surface area contributed by atoms with Gasteiger partial charge in [0.05, 0.1) is 6.10 Å². The maximum Gasteiger partial charge on any atom is 0.272 e. The maximum absolute atomic E-state index is 12.2. The van der Waals surface area contributed by atoms with Gasteiger partial charge in [-0.2, -0.15) is 0 Å². The molecular weight excluding hydrogens is 302 g/mol. The van der Waals surface area contributed by atoms with Crippen LogP contribution in [-0.2, 0) is 11.3 Å². The molecule has 23 heavy (non-hydrogen) atoms. The number of aromatic nitrogens is 1. The lowest BCUT2D eigenvalue weighted by Gasteiger charge is -2.63. The first-order valence-corrected chi connectivity index (χ1v) is 8.40. The first-order chi connectivity index (χ1) is 11.2. The Morgan fingerprint density at radius 2 is 2.30 bits per heavy atom. The van der Waals surface area contributed by atoms with Crippen molar-refractivity contribution in [3.63, 3.8) is 0 Å². The van der Waals surface area contributed by atoms with Gasteiger partial charge in [-0.1, -0.05) is 6.42 Å². The van der Waals surface area contributed by atoms with E-state index in [0.29, 0.717) is 30.0 Å². The lowest BCUT2D eigenvalue weighted by Crippen LogP contribution is -2.70. The van der Waals surface area contributed by atoms with Crippen LogP contribution in [0.4, 0.5) is 8.78 Å². The molecule has 2 heterocycles. The Morgan fingerprint density at radius 1 is 1.43 bits per heavy atom. The zero-order chi connectivity index (χ0) is 15.9. The molecule has 3 atom stereocenters. The smallest absolute Gasteiger partial charge is 0.272 e. The van der Waals surface area contributed by atoms with Crippen LogP contribution in [0.3, 0.4) is 0 Å². The molecule has 126 valence electrons. The number of rotatable bonds is 6. The van der Waals surface area contributed by atoms with Gasteiger partial charge < -0.3 is 14.8 Å². The van der Waals surface area contributed by atoms with E-state index in [0.717, 1.165) is 18.6 Å². The summed E-state index contributed by atoms with van der Waals surface area (Å²) in [5.41, 5.74) is 1.37. The molecule has 0 radical (unpaired) electrons. The molecule has 1 saturated heterocycles. The van der Waals surface area contributed by atoms with E-state index in [1.165, 1.54) is 19.3 Å². The number of nitrogens with zero attached hydrogens (tertiary/aromatic N) is 1. The Morgan fingerprint density at radius 3 is 3.04 bits per heavy atom. The fourth-order valence-corrected chi connectivity index (χ4v) is 4.58. The quantitative estimate of drug-likeness (QED) is 0.874. The molecule has 0 unspecified atom stereocenters. The van der Waals surface area contributed by atoms with Gasteiger partial charge >= 0.3 is 0 Å². The highest BCUT2D eigenvalue weighted by Crippen LogP contribution is 2.62. The second-order valence-corrected chi connectivity index (χ2v) is 6.89. The van der Waals surface area contributed by atoms with Crippen molar-refractivity contribution in [2.45, 2.75) is 50.8 Å². The Labute approximate surface area is 134 Å². The number of nitrogens with one attached hydrogen (secondary N) is 1. The van der Waals surface area contributed by atoms with E-state index < -0.39 is 13.0 Å². The van der Waals surface area contributed by atoms with Gasteiger partial charge in [0, 0.05) is 42.8 Å². The largest absolute Gasteiger partial charge is 0.472 e. The van der Waals surface area contributed by atoms with Gasteiger partial charge in [-0.3, -0.25) is 0 Å². The third-order valence-electron chi connectivity index (χ3n) is 5.72. The summed E-state index contributed by atoms with van der Waals surface area (Å²) in [4.78, 5) is 3.98. The van der Waals surface area contributed by atoms with Crippen LogP contribution in [-0.4, -0.2) is 36.8 Å². The van der Waals surface area contributed by atoms with Gasteiger partial charge in [-0.05, 0) is 30.9 Å². The molecule has 1 N–H and O–H groups in total. The monoisotopic (exact) mass is 324 g/mol. The predicted molar refractivity (Wildman–Crippen MR) is 80.5 cm³/mol. The molecule has 3 fully saturated rings. The van der Waals surface area contributed by atoms with E-state index in [-0.39, 0.29) is 5.88 Å². The van der Waals surface area contributed by atoms with Crippen LogP contribution >= 0.6 is 0 Å². The van der Waals surface area contributed by atoms with Crippen molar-refractivity contribution in [2.24, 2.45) is 11.3 Å². The minimum absolute atomic E-state index is 0.263. The lowest BCUT2D eigenvalue weighted by molar-refractivity contribution is -0.176. The Bertz CT molecular complexity index is 565. The summed E-state index contributed by atoms with van der Waals surface area (Å²) in [6.45, 7) is 0.982. The molecule has 0 bridgehead atoms. The number of alkyl halides is 2. The average molecular weight is 324 g/mol. The van der Waals surface area contributed by atoms with Gasteiger partial charge in [0.2, 0.25) is 5.88 Å². The van der Waals surface area contributed by atoms with E-state index in [1.807, 2.05) is 6.07 Å². The molecular formula is C17H22F2N2O2. The second kappa shape index (κ2) is 5.98. The van der Waals surface area contributed by atoms with Crippen LogP contribution in [0.5, 0.6) is 5.88 Å². The van der Waals surface area contributed by atoms with Crippen molar-refractivity contribution in [1.82, 2.24) is 10.3 Å². The van der Waals surface area contributed by atoms with Crippen molar-refractivity contribution >= 4 is 0 Å². The van der Waals surface area contributed by atoms with Crippen LogP contribution < -0.4 is 10.1 Å². The number of ether oxygens (including phenoxy) is 2. The summed E-state index contributed by atoms with van der Waals surface area (Å²) in [6.07, 6.45) is 4.53. The number of fused-ring (bicyclic) bond motifs is 2. The van der Waals surface area contributed by atoms with E-state index in [1.54, 1.807) is 12.3 Å². The molecule has 0 amide bonds. The van der Waals surface area contributed by atoms with Crippen LogP contribution in [0.1, 0.15) is 31.2 Å². The molecule has 0 aromatic carbocycles. The van der Waals surface area contributed by atoms with Crippen molar-refractivity contribution in [3.8, 4) is 5.88 Å². The Balaban J connectivity index is 1.36. The fraction of sp³-hybridized carbons (Fsp3) is 0.706. The highest BCUT2D eigenvalue weighted by molar-refractivity contribution is 5.22. The summed E-state index contributed by atoms with van der Waals surface area (Å²) < 4.78 is 35.3. The molecule has 6 heteroatoms. The summed E-state index contributed by atoms with van der Waals surface area (Å²) >= 11 is 0. The summed E-state index contributed by atoms with van der Waals surface area (Å²) in [5, 5.41) is 3.68. The number of hydrogen-bond donors (Lipinski definition) is 1. The molecule has 1 aromatic heterocycles. The minimum atomic E-state index is -2.48. The minimum Gasteiger partial charge on any atom is -0.472 e. The first-order valence-electron chi connectivity index (χ1n) is 8.40. The van der Waals surface area contributed by atoms with E-state index in [2.05, 4.69) is 10.3 Å².